The zero-order chi connectivity index (χ0) is 37.5. The number of carboxylic acid groups (broad SMARTS) is 1. The van der Waals surface area contributed by atoms with Crippen molar-refractivity contribution >= 4 is 56.2 Å². The van der Waals surface area contributed by atoms with Gasteiger partial charge in [0.05, 0.1) is 5.54 Å². The third kappa shape index (κ3) is 7.92. The molecule has 0 radical (unpaired) electrons. The van der Waals surface area contributed by atoms with Crippen LogP contribution in [0.3, 0.4) is 0 Å². The molecule has 9 N–H and O–H groups in total. The molecule has 2 aromatic rings. The Balaban J connectivity index is 1.29. The number of carboxylic acids is 1. The third-order valence-corrected chi connectivity index (χ3v) is 10.2. The number of aliphatic carboxylic acids is 1. The van der Waals surface area contributed by atoms with Gasteiger partial charge in [0.2, 0.25) is 0 Å². The maximum absolute atomic E-state index is 13.5. The van der Waals surface area contributed by atoms with Crippen molar-refractivity contribution < 1.29 is 51.1 Å². The van der Waals surface area contributed by atoms with E-state index in [0.29, 0.717) is 42.2 Å². The van der Waals surface area contributed by atoms with E-state index in [1.54, 1.807) is 25.3 Å². The van der Waals surface area contributed by atoms with Gasteiger partial charge in [-0.15, -0.1) is 15.6 Å². The first-order valence-electron chi connectivity index (χ1n) is 15.7. The number of hydrogen-bond acceptors (Lipinski definition) is 15. The Morgan fingerprint density at radius 1 is 1.29 bits per heavy atom. The highest BCUT2D eigenvalue weighted by Crippen LogP contribution is 2.36. The fraction of sp³-hybridized carbons (Fsp3) is 0.533. The van der Waals surface area contributed by atoms with Gasteiger partial charge in [-0.2, -0.15) is 13.5 Å². The van der Waals surface area contributed by atoms with Gasteiger partial charge in [-0.05, 0) is 76.6 Å². The molecular weight excluding hydrogens is 713 g/mol. The molecule has 21 heteroatoms. The maximum atomic E-state index is 13.5. The first-order chi connectivity index (χ1) is 23.8. The van der Waals surface area contributed by atoms with Crippen LogP contribution in [0.25, 0.3) is 0 Å². The summed E-state index contributed by atoms with van der Waals surface area (Å²) in [5.74, 6) is -2.86. The Bertz CT molecular complexity index is 1860. The summed E-state index contributed by atoms with van der Waals surface area (Å²) in [6.45, 7) is 4.54. The molecule has 2 amide bonds. The summed E-state index contributed by atoms with van der Waals surface area (Å²) in [5, 5.41) is 30.2. The number of aryl methyl sites for hydroxylation is 1. The molecule has 1 aliphatic carbocycles. The predicted octanol–water partition coefficient (Wildman–Crippen LogP) is 0.334. The number of hydrogen-bond donors (Lipinski definition) is 7. The zero-order valence-electron chi connectivity index (χ0n) is 28.2. The summed E-state index contributed by atoms with van der Waals surface area (Å²) in [7, 11) is -3.41. The van der Waals surface area contributed by atoms with Crippen LogP contribution >= 0.6 is 11.3 Å². The van der Waals surface area contributed by atoms with Crippen molar-refractivity contribution in [2.45, 2.75) is 87.7 Å². The monoisotopic (exact) mass is 752 g/mol. The van der Waals surface area contributed by atoms with Crippen molar-refractivity contribution in [3.05, 3.63) is 40.4 Å². The number of carbonyl (C=O) groups is 3. The lowest BCUT2D eigenvalue weighted by Crippen LogP contribution is -2.76. The quantitative estimate of drug-likeness (QED) is 0.0450. The Kier molecular flexibility index (Phi) is 10.4. The Hall–Kier alpha value is -4.41. The highest BCUT2D eigenvalue weighted by molar-refractivity contribution is 7.80. The smallest absolute Gasteiger partial charge is 0.418 e. The fourth-order valence-electron chi connectivity index (χ4n) is 6.15. The molecule has 51 heavy (non-hydrogen) atoms. The van der Waals surface area contributed by atoms with E-state index < -0.39 is 57.2 Å². The molecule has 5 rings (SSSR count). The Morgan fingerprint density at radius 3 is 2.59 bits per heavy atom. The Labute approximate surface area is 297 Å². The van der Waals surface area contributed by atoms with E-state index in [9.17, 15) is 27.9 Å². The van der Waals surface area contributed by atoms with Gasteiger partial charge in [0, 0.05) is 36.2 Å². The second-order valence-corrected chi connectivity index (χ2v) is 15.3. The summed E-state index contributed by atoms with van der Waals surface area (Å²) in [5.41, 5.74) is 8.99. The molecule has 1 aromatic heterocycles. The number of ether oxygens (including phenoxy) is 2. The molecule has 0 spiro atoms. The molecule has 278 valence electrons. The minimum absolute atomic E-state index is 0.0522. The molecule has 2 fully saturated rings. The number of β-lactam (4-membered cyclic amide) rings is 1. The molecule has 3 atom stereocenters. The number of hydroxylamine groups is 2. The number of rotatable bonds is 14. The Morgan fingerprint density at radius 2 is 2.00 bits per heavy atom. The van der Waals surface area contributed by atoms with E-state index in [1.807, 2.05) is 0 Å². The molecule has 2 aliphatic heterocycles. The molecule has 0 bridgehead atoms. The number of benzene rings is 1. The topological polar surface area (TPSA) is 291 Å². The number of thiazole rings is 1. The number of nitrogens with two attached hydrogens (primary N) is 2. The fourth-order valence-corrected chi connectivity index (χ4v) is 7.15. The van der Waals surface area contributed by atoms with Gasteiger partial charge in [0.15, 0.2) is 16.9 Å². The number of aromatic nitrogens is 1. The van der Waals surface area contributed by atoms with Crippen molar-refractivity contribution in [1.82, 2.24) is 20.7 Å². The van der Waals surface area contributed by atoms with E-state index in [4.69, 9.17) is 35.7 Å². The second-order valence-electron chi connectivity index (χ2n) is 13.4. The summed E-state index contributed by atoms with van der Waals surface area (Å²) in [6.07, 6.45) is 1.63. The summed E-state index contributed by atoms with van der Waals surface area (Å²) >= 11 is 0.959. The van der Waals surface area contributed by atoms with Crippen LogP contribution in [0.15, 0.2) is 28.7 Å². The summed E-state index contributed by atoms with van der Waals surface area (Å²) < 4.78 is 46.9. The van der Waals surface area contributed by atoms with Crippen LogP contribution in [-0.4, -0.2) is 106 Å². The maximum Gasteiger partial charge on any atom is 0.418 e. The van der Waals surface area contributed by atoms with Gasteiger partial charge in [0.1, 0.15) is 23.3 Å². The lowest BCUT2D eigenvalue weighted by atomic mass is 9.71. The molecule has 1 saturated heterocycles. The van der Waals surface area contributed by atoms with Crippen LogP contribution in [0.4, 0.5) is 5.13 Å². The number of nitrogens with zero attached hydrogens (tertiary/aromatic N) is 3. The van der Waals surface area contributed by atoms with Gasteiger partial charge in [-0.3, -0.25) is 19.6 Å². The number of methoxy groups -OCH3 is 1. The van der Waals surface area contributed by atoms with Crippen LogP contribution in [0.5, 0.6) is 5.75 Å². The highest BCUT2D eigenvalue weighted by atomic mass is 32.3. The van der Waals surface area contributed by atoms with Gasteiger partial charge >= 0.3 is 16.4 Å². The molecule has 1 saturated carbocycles. The van der Waals surface area contributed by atoms with Crippen molar-refractivity contribution in [1.29, 1.82) is 5.41 Å². The van der Waals surface area contributed by atoms with E-state index >= 15 is 0 Å². The van der Waals surface area contributed by atoms with Crippen molar-refractivity contribution in [2.24, 2.45) is 10.9 Å². The molecule has 3 heterocycles. The van der Waals surface area contributed by atoms with Crippen LogP contribution in [0.1, 0.15) is 63.3 Å². The summed E-state index contributed by atoms with van der Waals surface area (Å²) in [6, 6.07) is 3.86. The average Bonchev–Trinajstić information content (AvgIpc) is 3.48. The van der Waals surface area contributed by atoms with Gasteiger partial charge in [-0.1, -0.05) is 5.16 Å². The van der Waals surface area contributed by atoms with E-state index in [0.717, 1.165) is 23.3 Å². The first kappa shape index (κ1) is 37.8. The van der Waals surface area contributed by atoms with Crippen molar-refractivity contribution in [3.63, 3.8) is 0 Å². The van der Waals surface area contributed by atoms with Gasteiger partial charge in [-0.25, -0.2) is 9.78 Å². The minimum Gasteiger partial charge on any atom is -0.485 e. The number of nitrogen functional groups attached to an aromatic ring is 1. The van der Waals surface area contributed by atoms with E-state index in [1.165, 1.54) is 26.2 Å². The van der Waals surface area contributed by atoms with Gasteiger partial charge < -0.3 is 41.5 Å². The average molecular weight is 753 g/mol. The summed E-state index contributed by atoms with van der Waals surface area (Å²) in [4.78, 5) is 48.4. The molecule has 19 nitrogen and oxygen atoms in total. The van der Waals surface area contributed by atoms with Crippen molar-refractivity contribution in [2.75, 3.05) is 19.5 Å². The predicted molar refractivity (Wildman–Crippen MR) is 181 cm³/mol. The van der Waals surface area contributed by atoms with Crippen LogP contribution in [0.2, 0.25) is 0 Å². The number of anilines is 1. The highest BCUT2D eigenvalue weighted by Gasteiger charge is 2.58. The number of fused-ring (bicyclic) bond motifs is 1. The number of carbonyl (C=O) groups excluding carboxylic acids is 2. The minimum atomic E-state index is -5.04. The van der Waals surface area contributed by atoms with E-state index in [2.05, 4.69) is 25.1 Å². The van der Waals surface area contributed by atoms with Crippen molar-refractivity contribution in [3.8, 4) is 5.75 Å². The number of nitrogens with one attached hydrogen (secondary N) is 3. The third-order valence-electron chi connectivity index (χ3n) is 9.22. The van der Waals surface area contributed by atoms with Crippen LogP contribution in [0, 0.1) is 5.41 Å². The lowest BCUT2D eigenvalue weighted by Gasteiger charge is -2.50. The number of oxime groups is 1. The molecular formula is C30H40N8O11S2. The first-order valence-corrected chi connectivity index (χ1v) is 18.0. The second kappa shape index (κ2) is 14.0. The molecule has 3 aliphatic rings. The van der Waals surface area contributed by atoms with Gasteiger partial charge in [0.25, 0.3) is 17.4 Å². The van der Waals surface area contributed by atoms with E-state index in [-0.39, 0.29) is 34.7 Å². The number of amidine groups is 1. The zero-order valence-corrected chi connectivity index (χ0v) is 29.8. The molecule has 0 unspecified atom stereocenters. The van der Waals surface area contributed by atoms with Crippen LogP contribution in [-0.2, 0) is 45.1 Å². The molecule has 1 aromatic carbocycles. The van der Waals surface area contributed by atoms with Crippen LogP contribution < -0.4 is 26.8 Å². The SMILES string of the molecule is COCCC1(N)CC(NC(=N)c2ccc3c(c2)CC[C@H]([C@](C)(O/N=C(\C(=O)N[C@@H]2C(=O)N(OS(=O)(=O)O)C2(C)C)c2csc(N)n2)C(=O)O)O3)C1. The standard InChI is InChI=1S/C30H40N8O11S2/c1-28(2)22(25(40)38(28)49-51(43,44)45)36-24(39)21(18-14-50-27(32)35-18)37-48-29(3,26(41)42)20-8-6-15-11-16(5-7-19(15)47-20)23(31)34-17-12-30(33,13-17)9-10-46-4/h5,7,11,14,17,20,22H,6,8-10,12-13,33H2,1-4H3,(H2,31,34)(H2,32,35)(H,36,39)(H,41,42)(H,43,44,45)/b37-21-/t17?,20-,22-,29+,30?/m1/s1. The normalized spacial score (nSPS) is 25.3. The lowest BCUT2D eigenvalue weighted by molar-refractivity contribution is -0.218. The largest absolute Gasteiger partial charge is 0.485 e. The number of amides is 2.